The molecule has 0 atom stereocenters. The van der Waals surface area contributed by atoms with E-state index in [0.717, 1.165) is 51.5 Å². The standard InChI is InChI=1S/C16H31N5O/c1-2-17-16(18-8-13-20-9-4-3-5-10-20)19-14-15(22)21-11-6-7-12-21/h2-14H2,1H3,(H2,17,18,19). The van der Waals surface area contributed by atoms with E-state index in [1.54, 1.807) is 0 Å². The van der Waals surface area contributed by atoms with E-state index in [2.05, 4.69) is 20.5 Å². The zero-order chi connectivity index (χ0) is 15.6. The van der Waals surface area contributed by atoms with Gasteiger partial charge in [-0.2, -0.15) is 0 Å². The Morgan fingerprint density at radius 2 is 1.68 bits per heavy atom. The van der Waals surface area contributed by atoms with Crippen LogP contribution in [0.4, 0.5) is 0 Å². The van der Waals surface area contributed by atoms with E-state index in [9.17, 15) is 4.79 Å². The Morgan fingerprint density at radius 3 is 2.36 bits per heavy atom. The lowest BCUT2D eigenvalue weighted by molar-refractivity contribution is -0.128. The molecule has 0 radical (unpaired) electrons. The number of hydrogen-bond acceptors (Lipinski definition) is 3. The lowest BCUT2D eigenvalue weighted by Crippen LogP contribution is -2.43. The summed E-state index contributed by atoms with van der Waals surface area (Å²) in [5.74, 6) is 0.901. The Labute approximate surface area is 134 Å². The van der Waals surface area contributed by atoms with Gasteiger partial charge >= 0.3 is 0 Å². The predicted octanol–water partition coefficient (Wildman–Crippen LogP) is 0.650. The molecule has 0 unspecified atom stereocenters. The van der Waals surface area contributed by atoms with Crippen LogP contribution in [-0.4, -0.2) is 74.0 Å². The monoisotopic (exact) mass is 309 g/mol. The van der Waals surface area contributed by atoms with Gasteiger partial charge in [0, 0.05) is 32.7 Å². The number of nitrogens with zero attached hydrogens (tertiary/aromatic N) is 3. The Balaban J connectivity index is 1.70. The number of amides is 1. The average Bonchev–Trinajstić information content (AvgIpc) is 3.08. The van der Waals surface area contributed by atoms with Crippen molar-refractivity contribution in [1.29, 1.82) is 0 Å². The third kappa shape index (κ3) is 5.83. The lowest BCUT2D eigenvalue weighted by Gasteiger charge is -2.26. The minimum atomic E-state index is 0.144. The summed E-state index contributed by atoms with van der Waals surface area (Å²) in [4.78, 5) is 20.9. The summed E-state index contributed by atoms with van der Waals surface area (Å²) in [5.41, 5.74) is 0. The second kappa shape index (κ2) is 9.66. The van der Waals surface area contributed by atoms with E-state index in [4.69, 9.17) is 0 Å². The molecule has 2 saturated heterocycles. The molecule has 6 nitrogen and oxygen atoms in total. The summed E-state index contributed by atoms with van der Waals surface area (Å²) >= 11 is 0. The van der Waals surface area contributed by atoms with Crippen molar-refractivity contribution >= 4 is 11.9 Å². The number of aliphatic imine (C=N–C) groups is 1. The molecule has 6 heteroatoms. The lowest BCUT2D eigenvalue weighted by atomic mass is 10.1. The highest BCUT2D eigenvalue weighted by molar-refractivity contribution is 5.85. The minimum Gasteiger partial charge on any atom is -0.357 e. The summed E-state index contributed by atoms with van der Waals surface area (Å²) in [7, 11) is 0. The molecule has 2 heterocycles. The fourth-order valence-corrected chi connectivity index (χ4v) is 3.07. The van der Waals surface area contributed by atoms with Crippen molar-refractivity contribution in [2.75, 3.05) is 52.4 Å². The van der Waals surface area contributed by atoms with E-state index >= 15 is 0 Å². The Kier molecular flexibility index (Phi) is 7.49. The fourth-order valence-electron chi connectivity index (χ4n) is 3.07. The summed E-state index contributed by atoms with van der Waals surface area (Å²) in [5, 5.41) is 6.56. The van der Waals surface area contributed by atoms with Gasteiger partial charge in [-0.25, -0.2) is 4.99 Å². The highest BCUT2D eigenvalue weighted by Gasteiger charge is 2.17. The van der Waals surface area contributed by atoms with E-state index in [0.29, 0.717) is 0 Å². The van der Waals surface area contributed by atoms with Gasteiger partial charge in [-0.15, -0.1) is 0 Å². The smallest absolute Gasteiger partial charge is 0.244 e. The number of hydrogen-bond donors (Lipinski definition) is 2. The van der Waals surface area contributed by atoms with Crippen molar-refractivity contribution < 1.29 is 4.79 Å². The van der Waals surface area contributed by atoms with Crippen molar-refractivity contribution in [3.63, 3.8) is 0 Å². The van der Waals surface area contributed by atoms with Gasteiger partial charge in [0.2, 0.25) is 5.91 Å². The van der Waals surface area contributed by atoms with Crippen LogP contribution in [0.1, 0.15) is 39.0 Å². The van der Waals surface area contributed by atoms with Gasteiger partial charge in [0.1, 0.15) is 6.54 Å². The van der Waals surface area contributed by atoms with Gasteiger partial charge in [-0.3, -0.25) is 4.79 Å². The van der Waals surface area contributed by atoms with E-state index in [1.165, 1.54) is 32.4 Å². The molecule has 2 aliphatic heterocycles. The minimum absolute atomic E-state index is 0.144. The Morgan fingerprint density at radius 1 is 1.00 bits per heavy atom. The van der Waals surface area contributed by atoms with Crippen LogP contribution >= 0.6 is 0 Å². The van der Waals surface area contributed by atoms with Crippen LogP contribution in [0.15, 0.2) is 4.99 Å². The number of piperidine rings is 1. The maximum atomic E-state index is 12.0. The highest BCUT2D eigenvalue weighted by atomic mass is 16.2. The number of carbonyl (C=O) groups excluding carboxylic acids is 1. The first-order chi connectivity index (χ1) is 10.8. The molecule has 1 amide bonds. The first-order valence-corrected chi connectivity index (χ1v) is 8.82. The van der Waals surface area contributed by atoms with Crippen molar-refractivity contribution in [2.45, 2.75) is 39.0 Å². The molecule has 2 rings (SSSR count). The second-order valence-corrected chi connectivity index (χ2v) is 6.11. The van der Waals surface area contributed by atoms with Crippen LogP contribution in [0.5, 0.6) is 0 Å². The average molecular weight is 309 g/mol. The first-order valence-electron chi connectivity index (χ1n) is 8.82. The number of likely N-dealkylation sites (tertiary alicyclic amines) is 2. The topological polar surface area (TPSA) is 60.0 Å². The van der Waals surface area contributed by atoms with Gasteiger partial charge in [-0.05, 0) is 45.7 Å². The van der Waals surface area contributed by atoms with E-state index < -0.39 is 0 Å². The van der Waals surface area contributed by atoms with Crippen molar-refractivity contribution in [1.82, 2.24) is 20.4 Å². The molecule has 0 aromatic heterocycles. The number of guanidine groups is 1. The van der Waals surface area contributed by atoms with Crippen LogP contribution in [0, 0.1) is 0 Å². The summed E-state index contributed by atoms with van der Waals surface area (Å²) in [6, 6.07) is 0. The van der Waals surface area contributed by atoms with Crippen molar-refractivity contribution in [3.8, 4) is 0 Å². The zero-order valence-corrected chi connectivity index (χ0v) is 13.9. The second-order valence-electron chi connectivity index (χ2n) is 6.11. The highest BCUT2D eigenvalue weighted by Crippen LogP contribution is 2.08. The van der Waals surface area contributed by atoms with Crippen molar-refractivity contribution in [2.24, 2.45) is 4.99 Å². The predicted molar refractivity (Wildman–Crippen MR) is 90.1 cm³/mol. The molecule has 0 aromatic carbocycles. The van der Waals surface area contributed by atoms with Gasteiger partial charge in [-0.1, -0.05) is 6.42 Å². The van der Waals surface area contributed by atoms with E-state index in [1.807, 2.05) is 11.8 Å². The van der Waals surface area contributed by atoms with Gasteiger partial charge in [0.25, 0.3) is 0 Å². The summed E-state index contributed by atoms with van der Waals surface area (Å²) in [6.45, 7) is 9.25. The molecule has 2 fully saturated rings. The molecule has 2 N–H and O–H groups in total. The molecule has 126 valence electrons. The number of rotatable bonds is 6. The molecule has 0 spiro atoms. The quantitative estimate of drug-likeness (QED) is 0.559. The van der Waals surface area contributed by atoms with Gasteiger partial charge in [0.15, 0.2) is 5.96 Å². The third-order valence-electron chi connectivity index (χ3n) is 4.34. The summed E-state index contributed by atoms with van der Waals surface area (Å²) in [6.07, 6.45) is 6.26. The maximum absolute atomic E-state index is 12.0. The van der Waals surface area contributed by atoms with E-state index in [-0.39, 0.29) is 12.5 Å². The van der Waals surface area contributed by atoms with Crippen LogP contribution in [0.25, 0.3) is 0 Å². The van der Waals surface area contributed by atoms with Crippen LogP contribution in [0.3, 0.4) is 0 Å². The number of carbonyl (C=O) groups is 1. The SMILES string of the molecule is CCNC(=NCC(=O)N1CCCC1)NCCN1CCCCC1. The number of nitrogens with one attached hydrogen (secondary N) is 2. The molecular weight excluding hydrogens is 278 g/mol. The van der Waals surface area contributed by atoms with Gasteiger partial charge < -0.3 is 20.4 Å². The molecule has 22 heavy (non-hydrogen) atoms. The molecule has 0 aromatic rings. The molecule has 0 saturated carbocycles. The molecule has 2 aliphatic rings. The first kappa shape index (κ1) is 17.1. The zero-order valence-electron chi connectivity index (χ0n) is 13.9. The van der Waals surface area contributed by atoms with Crippen molar-refractivity contribution in [3.05, 3.63) is 0 Å². The molecule has 0 bridgehead atoms. The Hall–Kier alpha value is -1.30. The molecule has 0 aliphatic carbocycles. The summed E-state index contributed by atoms with van der Waals surface area (Å²) < 4.78 is 0. The largest absolute Gasteiger partial charge is 0.357 e. The third-order valence-corrected chi connectivity index (χ3v) is 4.34. The maximum Gasteiger partial charge on any atom is 0.244 e. The molecular formula is C16H31N5O. The van der Waals surface area contributed by atoms with Crippen LogP contribution < -0.4 is 10.6 Å². The normalized spacial score (nSPS) is 20.2. The van der Waals surface area contributed by atoms with Crippen LogP contribution in [0.2, 0.25) is 0 Å². The van der Waals surface area contributed by atoms with Gasteiger partial charge in [0.05, 0.1) is 0 Å². The Bertz CT molecular complexity index is 360. The van der Waals surface area contributed by atoms with Crippen LogP contribution in [-0.2, 0) is 4.79 Å². The fraction of sp³-hybridized carbons (Fsp3) is 0.875.